The van der Waals surface area contributed by atoms with E-state index in [-0.39, 0.29) is 17.3 Å². The molecular weight excluding hydrogens is 182 g/mol. The highest BCUT2D eigenvalue weighted by Gasteiger charge is 2.16. The minimum absolute atomic E-state index is 0.0299. The molecule has 0 aromatic carbocycles. The third-order valence-electron chi connectivity index (χ3n) is 1.30. The molecule has 0 unspecified atom stereocenters. The van der Waals surface area contributed by atoms with Crippen molar-refractivity contribution >= 4 is 5.97 Å². The number of nitriles is 2. The number of methoxy groups -OCH3 is 1. The summed E-state index contributed by atoms with van der Waals surface area (Å²) in [6.07, 6.45) is 0. The second-order valence-corrected chi connectivity index (χ2v) is 2.76. The van der Waals surface area contributed by atoms with Gasteiger partial charge in [0.2, 0.25) is 0 Å². The summed E-state index contributed by atoms with van der Waals surface area (Å²) in [5, 5.41) is 20.0. The van der Waals surface area contributed by atoms with Crippen molar-refractivity contribution in [2.24, 2.45) is 0 Å². The number of ether oxygens (including phenoxy) is 1. The first-order valence-corrected chi connectivity index (χ1v) is 3.96. The maximum atomic E-state index is 11.0. The molecule has 0 atom stereocenters. The Morgan fingerprint density at radius 1 is 1.36 bits per heavy atom. The van der Waals surface area contributed by atoms with Crippen LogP contribution in [0.25, 0.3) is 0 Å². The van der Waals surface area contributed by atoms with E-state index in [0.29, 0.717) is 0 Å². The van der Waals surface area contributed by atoms with Crippen LogP contribution in [0.1, 0.15) is 13.8 Å². The van der Waals surface area contributed by atoms with Crippen molar-refractivity contribution in [2.75, 3.05) is 7.11 Å². The van der Waals surface area contributed by atoms with Gasteiger partial charge in [-0.2, -0.15) is 10.5 Å². The minimum Gasteiger partial charge on any atom is -0.465 e. The van der Waals surface area contributed by atoms with Gasteiger partial charge < -0.3 is 10.1 Å². The summed E-state index contributed by atoms with van der Waals surface area (Å²) < 4.78 is 4.36. The summed E-state index contributed by atoms with van der Waals surface area (Å²) in [5.41, 5.74) is -0.363. The molecule has 0 aliphatic carbocycles. The van der Waals surface area contributed by atoms with E-state index in [1.807, 2.05) is 0 Å². The van der Waals surface area contributed by atoms with Crippen LogP contribution in [-0.2, 0) is 9.53 Å². The van der Waals surface area contributed by atoms with Gasteiger partial charge in [0, 0.05) is 6.04 Å². The van der Waals surface area contributed by atoms with E-state index >= 15 is 0 Å². The molecule has 5 heteroatoms. The van der Waals surface area contributed by atoms with Crippen LogP contribution >= 0.6 is 0 Å². The molecule has 0 aromatic rings. The van der Waals surface area contributed by atoms with Crippen molar-refractivity contribution in [3.63, 3.8) is 0 Å². The molecule has 0 aromatic heterocycles. The van der Waals surface area contributed by atoms with Crippen molar-refractivity contribution in [2.45, 2.75) is 19.9 Å². The molecule has 0 bridgehead atoms. The third-order valence-corrected chi connectivity index (χ3v) is 1.30. The molecular formula is C9H11N3O2. The maximum Gasteiger partial charge on any atom is 0.351 e. The van der Waals surface area contributed by atoms with Crippen LogP contribution in [0.3, 0.4) is 0 Å². The number of esters is 1. The molecule has 0 radical (unpaired) electrons. The average Bonchev–Trinajstić information content (AvgIpc) is 2.16. The lowest BCUT2D eigenvalue weighted by Crippen LogP contribution is -2.24. The number of hydrogen-bond acceptors (Lipinski definition) is 5. The first-order chi connectivity index (χ1) is 6.56. The molecule has 0 amide bonds. The molecule has 0 heterocycles. The fourth-order valence-electron chi connectivity index (χ4n) is 0.755. The van der Waals surface area contributed by atoms with E-state index in [0.717, 1.165) is 7.11 Å². The summed E-state index contributed by atoms with van der Waals surface area (Å²) in [5.74, 6) is -0.808. The van der Waals surface area contributed by atoms with Crippen LogP contribution in [-0.4, -0.2) is 19.1 Å². The maximum absolute atomic E-state index is 11.0. The van der Waals surface area contributed by atoms with Gasteiger partial charge in [-0.05, 0) is 13.8 Å². The number of rotatable bonds is 3. The molecule has 74 valence electrons. The van der Waals surface area contributed by atoms with Crippen LogP contribution < -0.4 is 5.32 Å². The van der Waals surface area contributed by atoms with E-state index in [1.54, 1.807) is 26.0 Å². The number of nitrogens with zero attached hydrogens (tertiary/aromatic N) is 2. The standard InChI is InChI=1S/C9H11N3O2/c1-6(2)12-8(5-11)7(4-10)9(13)14-3/h6,12H,1-3H3/b8-7-. The van der Waals surface area contributed by atoms with E-state index in [9.17, 15) is 4.79 Å². The monoisotopic (exact) mass is 193 g/mol. The van der Waals surface area contributed by atoms with Crippen LogP contribution in [0.2, 0.25) is 0 Å². The summed E-state index contributed by atoms with van der Waals surface area (Å²) in [4.78, 5) is 11.0. The lowest BCUT2D eigenvalue weighted by molar-refractivity contribution is -0.135. The van der Waals surface area contributed by atoms with Gasteiger partial charge in [0.25, 0.3) is 0 Å². The van der Waals surface area contributed by atoms with Crippen LogP contribution in [0.5, 0.6) is 0 Å². The highest BCUT2D eigenvalue weighted by Crippen LogP contribution is 2.03. The summed E-state index contributed by atoms with van der Waals surface area (Å²) in [6, 6.07) is 3.34. The Morgan fingerprint density at radius 3 is 2.21 bits per heavy atom. The predicted octanol–water partition coefficient (Wildman–Crippen LogP) is 0.459. The fourth-order valence-corrected chi connectivity index (χ4v) is 0.755. The number of allylic oxidation sites excluding steroid dienone is 1. The fraction of sp³-hybridized carbons (Fsp3) is 0.444. The van der Waals surface area contributed by atoms with Gasteiger partial charge in [-0.1, -0.05) is 0 Å². The summed E-state index contributed by atoms with van der Waals surface area (Å²) in [6.45, 7) is 3.59. The Kier molecular flexibility index (Phi) is 4.80. The molecule has 0 saturated heterocycles. The second-order valence-electron chi connectivity index (χ2n) is 2.76. The zero-order chi connectivity index (χ0) is 11.1. The molecule has 0 aliphatic rings. The van der Waals surface area contributed by atoms with Gasteiger partial charge >= 0.3 is 5.97 Å². The number of nitrogens with one attached hydrogen (secondary N) is 1. The first-order valence-electron chi connectivity index (χ1n) is 3.96. The Bertz CT molecular complexity index is 331. The molecule has 0 rings (SSSR count). The SMILES string of the molecule is COC(=O)/C(C#N)=C(/C#N)NC(C)C. The zero-order valence-corrected chi connectivity index (χ0v) is 8.29. The van der Waals surface area contributed by atoms with Gasteiger partial charge in [0.1, 0.15) is 17.8 Å². The molecule has 0 spiro atoms. The Labute approximate surface area is 82.6 Å². The number of carbonyl (C=O) groups excluding carboxylic acids is 1. The average molecular weight is 193 g/mol. The summed E-state index contributed by atoms with van der Waals surface area (Å²) >= 11 is 0. The number of hydrogen-bond donors (Lipinski definition) is 1. The predicted molar refractivity (Wildman–Crippen MR) is 48.5 cm³/mol. The van der Waals surface area contributed by atoms with Crippen LogP contribution in [0, 0.1) is 22.7 Å². The topological polar surface area (TPSA) is 85.9 Å². The van der Waals surface area contributed by atoms with E-state index in [4.69, 9.17) is 10.5 Å². The van der Waals surface area contributed by atoms with E-state index < -0.39 is 5.97 Å². The van der Waals surface area contributed by atoms with Crippen molar-refractivity contribution in [3.8, 4) is 12.1 Å². The Hall–Kier alpha value is -2.01. The van der Waals surface area contributed by atoms with Crippen molar-refractivity contribution in [3.05, 3.63) is 11.3 Å². The summed E-state index contributed by atoms with van der Waals surface area (Å²) in [7, 11) is 1.16. The third kappa shape index (κ3) is 3.16. The van der Waals surface area contributed by atoms with E-state index in [1.165, 1.54) is 0 Å². The quantitative estimate of drug-likeness (QED) is 0.399. The molecule has 5 nitrogen and oxygen atoms in total. The van der Waals surface area contributed by atoms with Gasteiger partial charge in [0.05, 0.1) is 7.11 Å². The Morgan fingerprint density at radius 2 is 1.93 bits per heavy atom. The number of carbonyl (C=O) groups is 1. The lowest BCUT2D eigenvalue weighted by Gasteiger charge is -2.08. The van der Waals surface area contributed by atoms with Gasteiger partial charge in [-0.3, -0.25) is 0 Å². The van der Waals surface area contributed by atoms with Gasteiger partial charge in [0.15, 0.2) is 5.57 Å². The van der Waals surface area contributed by atoms with Crippen molar-refractivity contribution in [1.29, 1.82) is 10.5 Å². The lowest BCUT2D eigenvalue weighted by atomic mass is 10.2. The molecule has 0 aliphatic heterocycles. The highest BCUT2D eigenvalue weighted by atomic mass is 16.5. The van der Waals surface area contributed by atoms with Gasteiger partial charge in [-0.15, -0.1) is 0 Å². The van der Waals surface area contributed by atoms with Crippen LogP contribution in [0.15, 0.2) is 11.3 Å². The normalized spacial score (nSPS) is 11.0. The smallest absolute Gasteiger partial charge is 0.351 e. The molecule has 1 N–H and O–H groups in total. The largest absolute Gasteiger partial charge is 0.465 e. The van der Waals surface area contributed by atoms with Crippen LogP contribution in [0.4, 0.5) is 0 Å². The minimum atomic E-state index is -0.808. The van der Waals surface area contributed by atoms with Gasteiger partial charge in [-0.25, -0.2) is 4.79 Å². The molecule has 0 saturated carbocycles. The molecule has 14 heavy (non-hydrogen) atoms. The first kappa shape index (κ1) is 12.0. The van der Waals surface area contributed by atoms with E-state index in [2.05, 4.69) is 10.1 Å². The highest BCUT2D eigenvalue weighted by molar-refractivity contribution is 5.94. The molecule has 0 fully saturated rings. The Balaban J connectivity index is 5.07. The van der Waals surface area contributed by atoms with Crippen molar-refractivity contribution in [1.82, 2.24) is 5.32 Å². The second kappa shape index (κ2) is 5.60. The zero-order valence-electron chi connectivity index (χ0n) is 8.29. The van der Waals surface area contributed by atoms with Crippen molar-refractivity contribution < 1.29 is 9.53 Å².